The minimum absolute atomic E-state index is 0.432. The maximum atomic E-state index is 5.55. The van der Waals surface area contributed by atoms with Gasteiger partial charge in [0, 0.05) is 0 Å². The van der Waals surface area contributed by atoms with Gasteiger partial charge >= 0.3 is 0 Å². The molecule has 0 aromatic carbocycles. The Morgan fingerprint density at radius 1 is 1.40 bits per heavy atom. The van der Waals surface area contributed by atoms with Gasteiger partial charge in [-0.3, -0.25) is 4.90 Å². The zero-order valence-electron chi connectivity index (χ0n) is 9.57. The molecule has 0 aliphatic carbocycles. The fourth-order valence-electron chi connectivity index (χ4n) is 2.53. The second kappa shape index (κ2) is 4.81. The topological polar surface area (TPSA) is 28.4 Å². The molecule has 1 aliphatic heterocycles. The van der Waals surface area contributed by atoms with Crippen molar-refractivity contribution in [3.05, 3.63) is 24.2 Å². The second-order valence-electron chi connectivity index (χ2n) is 4.51. The van der Waals surface area contributed by atoms with Crippen molar-refractivity contribution in [2.24, 2.45) is 5.92 Å². The zero-order chi connectivity index (χ0) is 10.7. The van der Waals surface area contributed by atoms with Gasteiger partial charge in [-0.2, -0.15) is 0 Å². The van der Waals surface area contributed by atoms with E-state index in [9.17, 15) is 0 Å². The molecular formula is C12H20N2O. The predicted octanol–water partition coefficient (Wildman–Crippen LogP) is 1.88. The minimum Gasteiger partial charge on any atom is -0.468 e. The van der Waals surface area contributed by atoms with Gasteiger partial charge in [0.25, 0.3) is 0 Å². The third-order valence-corrected chi connectivity index (χ3v) is 3.22. The monoisotopic (exact) mass is 208 g/mol. The molecule has 1 N–H and O–H groups in total. The Morgan fingerprint density at radius 2 is 2.13 bits per heavy atom. The Labute approximate surface area is 91.4 Å². The first-order valence-corrected chi connectivity index (χ1v) is 5.69. The molecule has 2 rings (SSSR count). The van der Waals surface area contributed by atoms with E-state index in [-0.39, 0.29) is 0 Å². The van der Waals surface area contributed by atoms with Crippen LogP contribution < -0.4 is 5.32 Å². The third kappa shape index (κ3) is 2.41. The molecule has 0 bridgehead atoms. The molecule has 1 fully saturated rings. The highest BCUT2D eigenvalue weighted by Crippen LogP contribution is 2.32. The number of hydrogen-bond donors (Lipinski definition) is 1. The van der Waals surface area contributed by atoms with Crippen LogP contribution in [0.4, 0.5) is 0 Å². The normalized spacial score (nSPS) is 20.7. The van der Waals surface area contributed by atoms with Gasteiger partial charge in [0.05, 0.1) is 12.3 Å². The van der Waals surface area contributed by atoms with Crippen molar-refractivity contribution < 1.29 is 4.42 Å². The van der Waals surface area contributed by atoms with E-state index in [1.807, 2.05) is 6.07 Å². The van der Waals surface area contributed by atoms with Crippen LogP contribution in [0.5, 0.6) is 0 Å². The Morgan fingerprint density at radius 3 is 2.67 bits per heavy atom. The lowest BCUT2D eigenvalue weighted by Gasteiger charge is -2.33. The molecule has 1 unspecified atom stereocenters. The van der Waals surface area contributed by atoms with E-state index in [1.54, 1.807) is 6.26 Å². The van der Waals surface area contributed by atoms with Gasteiger partial charge in [-0.15, -0.1) is 0 Å². The number of hydrogen-bond acceptors (Lipinski definition) is 3. The van der Waals surface area contributed by atoms with Crippen LogP contribution in [0.25, 0.3) is 0 Å². The summed E-state index contributed by atoms with van der Waals surface area (Å²) in [5.74, 6) is 1.82. The van der Waals surface area contributed by atoms with E-state index >= 15 is 0 Å². The molecule has 1 aliphatic rings. The number of nitrogens with one attached hydrogen (secondary N) is 1. The van der Waals surface area contributed by atoms with Crippen molar-refractivity contribution in [1.82, 2.24) is 10.2 Å². The molecule has 3 nitrogen and oxygen atoms in total. The summed E-state index contributed by atoms with van der Waals surface area (Å²) in [7, 11) is 4.27. The average Bonchev–Trinajstić information content (AvgIpc) is 2.72. The molecule has 1 atom stereocenters. The van der Waals surface area contributed by atoms with E-state index in [0.717, 1.165) is 18.8 Å². The third-order valence-electron chi connectivity index (χ3n) is 3.22. The molecule has 0 amide bonds. The van der Waals surface area contributed by atoms with Crippen LogP contribution >= 0.6 is 0 Å². The Hall–Kier alpha value is -0.800. The summed E-state index contributed by atoms with van der Waals surface area (Å²) in [5.41, 5.74) is 0. The first-order valence-electron chi connectivity index (χ1n) is 5.69. The lowest BCUT2D eigenvalue weighted by molar-refractivity contribution is 0.154. The van der Waals surface area contributed by atoms with E-state index in [4.69, 9.17) is 4.42 Å². The SMILES string of the molecule is CN(C)C(c1ccco1)C1CCNCC1. The van der Waals surface area contributed by atoms with Gasteiger partial charge in [0.1, 0.15) is 5.76 Å². The van der Waals surface area contributed by atoms with E-state index < -0.39 is 0 Å². The molecule has 3 heteroatoms. The number of piperidine rings is 1. The Kier molecular flexibility index (Phi) is 3.44. The van der Waals surface area contributed by atoms with Crippen molar-refractivity contribution in [1.29, 1.82) is 0 Å². The summed E-state index contributed by atoms with van der Waals surface area (Å²) in [5, 5.41) is 3.40. The molecule has 1 aromatic rings. The van der Waals surface area contributed by atoms with E-state index in [2.05, 4.69) is 30.4 Å². The van der Waals surface area contributed by atoms with Crippen LogP contribution in [0, 0.1) is 5.92 Å². The first kappa shape index (κ1) is 10.7. The smallest absolute Gasteiger partial charge is 0.121 e. The van der Waals surface area contributed by atoms with Crippen LogP contribution in [0.2, 0.25) is 0 Å². The van der Waals surface area contributed by atoms with Gasteiger partial charge < -0.3 is 9.73 Å². The average molecular weight is 208 g/mol. The van der Waals surface area contributed by atoms with Crippen molar-refractivity contribution in [2.75, 3.05) is 27.2 Å². The van der Waals surface area contributed by atoms with Crippen LogP contribution in [-0.2, 0) is 0 Å². The fraction of sp³-hybridized carbons (Fsp3) is 0.667. The van der Waals surface area contributed by atoms with Crippen molar-refractivity contribution >= 4 is 0 Å². The summed E-state index contributed by atoms with van der Waals surface area (Å²) in [6, 6.07) is 4.50. The van der Waals surface area contributed by atoms with Crippen LogP contribution in [0.15, 0.2) is 22.8 Å². The second-order valence-corrected chi connectivity index (χ2v) is 4.51. The maximum Gasteiger partial charge on any atom is 0.121 e. The van der Waals surface area contributed by atoms with Gasteiger partial charge in [-0.25, -0.2) is 0 Å². The lowest BCUT2D eigenvalue weighted by Crippen LogP contribution is -2.35. The van der Waals surface area contributed by atoms with Crippen molar-refractivity contribution in [2.45, 2.75) is 18.9 Å². The molecule has 2 heterocycles. The number of nitrogens with zero attached hydrogens (tertiary/aromatic N) is 1. The van der Waals surface area contributed by atoms with Crippen LogP contribution in [0.1, 0.15) is 24.6 Å². The quantitative estimate of drug-likeness (QED) is 0.822. The summed E-state index contributed by atoms with van der Waals surface area (Å²) >= 11 is 0. The number of furan rings is 1. The molecule has 15 heavy (non-hydrogen) atoms. The fourth-order valence-corrected chi connectivity index (χ4v) is 2.53. The van der Waals surface area contributed by atoms with E-state index in [0.29, 0.717) is 12.0 Å². The lowest BCUT2D eigenvalue weighted by atomic mass is 9.88. The predicted molar refractivity (Wildman–Crippen MR) is 60.7 cm³/mol. The molecular weight excluding hydrogens is 188 g/mol. The highest BCUT2D eigenvalue weighted by atomic mass is 16.3. The van der Waals surface area contributed by atoms with Gasteiger partial charge in [-0.05, 0) is 58.1 Å². The molecule has 0 radical (unpaired) electrons. The molecule has 84 valence electrons. The van der Waals surface area contributed by atoms with Gasteiger partial charge in [-0.1, -0.05) is 0 Å². The Balaban J connectivity index is 2.12. The first-order chi connectivity index (χ1) is 7.29. The van der Waals surface area contributed by atoms with Crippen LogP contribution in [-0.4, -0.2) is 32.1 Å². The van der Waals surface area contributed by atoms with Gasteiger partial charge in [0.15, 0.2) is 0 Å². The Bertz CT molecular complexity index is 276. The standard InChI is InChI=1S/C12H20N2O/c1-14(2)12(11-4-3-9-15-11)10-5-7-13-8-6-10/h3-4,9-10,12-13H,5-8H2,1-2H3. The highest BCUT2D eigenvalue weighted by Gasteiger charge is 2.28. The van der Waals surface area contributed by atoms with Crippen molar-refractivity contribution in [3.8, 4) is 0 Å². The van der Waals surface area contributed by atoms with E-state index in [1.165, 1.54) is 12.8 Å². The molecule has 1 aromatic heterocycles. The van der Waals surface area contributed by atoms with Crippen molar-refractivity contribution in [3.63, 3.8) is 0 Å². The van der Waals surface area contributed by atoms with Crippen LogP contribution in [0.3, 0.4) is 0 Å². The summed E-state index contributed by atoms with van der Waals surface area (Å²) in [6.07, 6.45) is 4.25. The summed E-state index contributed by atoms with van der Waals surface area (Å²) < 4.78 is 5.55. The summed E-state index contributed by atoms with van der Waals surface area (Å²) in [4.78, 5) is 2.27. The zero-order valence-corrected chi connectivity index (χ0v) is 9.57. The number of rotatable bonds is 3. The summed E-state index contributed by atoms with van der Waals surface area (Å²) in [6.45, 7) is 2.27. The molecule has 1 saturated heterocycles. The minimum atomic E-state index is 0.432. The maximum absolute atomic E-state index is 5.55. The molecule has 0 saturated carbocycles. The largest absolute Gasteiger partial charge is 0.468 e. The molecule has 0 spiro atoms. The highest BCUT2D eigenvalue weighted by molar-refractivity contribution is 5.06. The van der Waals surface area contributed by atoms with Gasteiger partial charge in [0.2, 0.25) is 0 Å².